The Kier molecular flexibility index (Phi) is 9.69. The molecule has 0 aromatic heterocycles. The quantitative estimate of drug-likeness (QED) is 0.266. The van der Waals surface area contributed by atoms with Crippen molar-refractivity contribution in [1.82, 2.24) is 5.32 Å². The lowest BCUT2D eigenvalue weighted by Crippen LogP contribution is -2.56. The highest BCUT2D eigenvalue weighted by molar-refractivity contribution is 5.91. The molecule has 2 amide bonds. The number of ketones is 1. The van der Waals surface area contributed by atoms with Gasteiger partial charge in [0.2, 0.25) is 5.91 Å². The number of benzene rings is 1. The molecule has 1 spiro atoms. The van der Waals surface area contributed by atoms with E-state index in [0.717, 1.165) is 18.4 Å². The highest BCUT2D eigenvalue weighted by atomic mass is 16.6. The van der Waals surface area contributed by atoms with Gasteiger partial charge in [0.25, 0.3) is 0 Å². The van der Waals surface area contributed by atoms with Crippen molar-refractivity contribution in [3.8, 4) is 0 Å². The minimum atomic E-state index is -0.462. The Balaban J connectivity index is 1.24. The lowest BCUT2D eigenvalue weighted by atomic mass is 9.68. The highest BCUT2D eigenvalue weighted by Crippen LogP contribution is 2.59. The summed E-state index contributed by atoms with van der Waals surface area (Å²) in [5.41, 5.74) is 2.36. The van der Waals surface area contributed by atoms with Crippen LogP contribution in [-0.2, 0) is 35.0 Å². The van der Waals surface area contributed by atoms with E-state index >= 15 is 0 Å². The van der Waals surface area contributed by atoms with Crippen LogP contribution in [-0.4, -0.2) is 67.6 Å². The molecule has 2 heterocycles. The third kappa shape index (κ3) is 7.50. The number of Topliss-reactive ketones (excluding diaryl/α,β-unsaturated/α-hetero) is 1. The van der Waals surface area contributed by atoms with E-state index < -0.39 is 6.09 Å². The van der Waals surface area contributed by atoms with Crippen LogP contribution in [0.3, 0.4) is 0 Å². The molecule has 1 unspecified atom stereocenters. The monoisotopic (exact) mass is 556 g/mol. The number of amides is 2. The molecule has 1 saturated carbocycles. The molecule has 220 valence electrons. The van der Waals surface area contributed by atoms with E-state index in [1.807, 2.05) is 24.3 Å². The summed E-state index contributed by atoms with van der Waals surface area (Å²) in [5.74, 6) is -0.0359. The first-order chi connectivity index (χ1) is 19.1. The number of epoxide rings is 2. The smallest absolute Gasteiger partial charge is 0.407 e. The molecule has 6 atom stereocenters. The Bertz CT molecular complexity index is 1090. The standard InChI is InChI=1S/C31H44N2O7/c1-20(2)9-14-25-30(4,40-25)28-27(37-5)24(15-17-31(28)19-38-31)39-29(36)32-18-16-22-10-12-23(13-11-22)33-26(35)8-6-7-21(3)34/h9-13,24-25,27-28H,6-8,14-19H2,1-5H3,(H,32,36)(H,33,35)/t24-,25-,27-,28-,30?,31+/m1/s1. The van der Waals surface area contributed by atoms with Crippen molar-refractivity contribution < 1.29 is 33.3 Å². The molecule has 0 radical (unpaired) electrons. The SMILES string of the molecule is CO[C@H]1[C@H](C2(C)O[C@@H]2CC=C(C)C)[C@]2(CC[C@H]1OC(=O)NCCc1ccc(NC(=O)CCCC(C)=O)cc1)CO2. The number of ether oxygens (including phenoxy) is 4. The number of alkyl carbamates (subject to hydrolysis) is 1. The van der Waals surface area contributed by atoms with Crippen molar-refractivity contribution in [1.29, 1.82) is 0 Å². The molecule has 1 aromatic rings. The summed E-state index contributed by atoms with van der Waals surface area (Å²) >= 11 is 0. The Labute approximate surface area is 237 Å². The molecule has 3 fully saturated rings. The molecule has 0 bridgehead atoms. The minimum absolute atomic E-state index is 0.0137. The van der Waals surface area contributed by atoms with Gasteiger partial charge in [0.15, 0.2) is 0 Å². The largest absolute Gasteiger partial charge is 0.443 e. The summed E-state index contributed by atoms with van der Waals surface area (Å²) in [7, 11) is 1.67. The summed E-state index contributed by atoms with van der Waals surface area (Å²) in [6.45, 7) is 8.93. The molecule has 2 N–H and O–H groups in total. The van der Waals surface area contributed by atoms with Crippen molar-refractivity contribution in [2.45, 2.75) is 102 Å². The second kappa shape index (κ2) is 12.8. The van der Waals surface area contributed by atoms with E-state index in [1.165, 1.54) is 12.5 Å². The van der Waals surface area contributed by atoms with Gasteiger partial charge < -0.3 is 34.4 Å². The molecule has 1 aliphatic carbocycles. The van der Waals surface area contributed by atoms with Crippen LogP contribution in [0.25, 0.3) is 0 Å². The summed E-state index contributed by atoms with van der Waals surface area (Å²) in [6, 6.07) is 7.51. The molecule has 4 rings (SSSR count). The maximum absolute atomic E-state index is 12.7. The van der Waals surface area contributed by atoms with Crippen molar-refractivity contribution >= 4 is 23.5 Å². The van der Waals surface area contributed by atoms with Crippen molar-refractivity contribution in [3.05, 3.63) is 41.5 Å². The third-order valence-electron chi connectivity index (χ3n) is 8.35. The molecule has 40 heavy (non-hydrogen) atoms. The molecule has 1 aromatic carbocycles. The zero-order valence-electron chi connectivity index (χ0n) is 24.4. The van der Waals surface area contributed by atoms with E-state index in [0.29, 0.717) is 50.9 Å². The van der Waals surface area contributed by atoms with Crippen molar-refractivity contribution in [2.24, 2.45) is 5.92 Å². The van der Waals surface area contributed by atoms with E-state index in [-0.39, 0.29) is 47.1 Å². The van der Waals surface area contributed by atoms with Crippen molar-refractivity contribution in [2.75, 3.05) is 25.6 Å². The van der Waals surface area contributed by atoms with Crippen LogP contribution in [0.1, 0.15) is 71.8 Å². The molecule has 3 aliphatic rings. The zero-order valence-corrected chi connectivity index (χ0v) is 24.4. The van der Waals surface area contributed by atoms with Gasteiger partial charge in [0, 0.05) is 32.2 Å². The number of hydrogen-bond donors (Lipinski definition) is 2. The Morgan fingerprint density at radius 3 is 2.48 bits per heavy atom. The van der Waals surface area contributed by atoms with Gasteiger partial charge in [-0.2, -0.15) is 0 Å². The fourth-order valence-corrected chi connectivity index (χ4v) is 6.03. The summed E-state index contributed by atoms with van der Waals surface area (Å²) in [6.07, 6.45) is 5.38. The van der Waals surface area contributed by atoms with Gasteiger partial charge >= 0.3 is 6.09 Å². The van der Waals surface area contributed by atoms with Crippen LogP contribution in [0.4, 0.5) is 10.5 Å². The molecular weight excluding hydrogens is 512 g/mol. The lowest BCUT2D eigenvalue weighted by molar-refractivity contribution is -0.118. The maximum atomic E-state index is 12.7. The molecule has 9 nitrogen and oxygen atoms in total. The van der Waals surface area contributed by atoms with Gasteiger partial charge in [-0.15, -0.1) is 0 Å². The van der Waals surface area contributed by atoms with Crippen LogP contribution in [0.15, 0.2) is 35.9 Å². The first-order valence-electron chi connectivity index (χ1n) is 14.4. The van der Waals surface area contributed by atoms with E-state index in [2.05, 4.69) is 37.5 Å². The molecule has 2 aliphatic heterocycles. The predicted molar refractivity (Wildman–Crippen MR) is 151 cm³/mol. The third-order valence-corrected chi connectivity index (χ3v) is 8.35. The molecule has 9 heteroatoms. The van der Waals surface area contributed by atoms with Gasteiger partial charge in [-0.3, -0.25) is 4.79 Å². The number of rotatable bonds is 13. The van der Waals surface area contributed by atoms with Crippen LogP contribution in [0.5, 0.6) is 0 Å². The minimum Gasteiger partial charge on any atom is -0.443 e. The summed E-state index contributed by atoms with van der Waals surface area (Å²) in [5, 5.41) is 5.71. The predicted octanol–water partition coefficient (Wildman–Crippen LogP) is 4.73. The summed E-state index contributed by atoms with van der Waals surface area (Å²) in [4.78, 5) is 35.8. The Morgan fingerprint density at radius 1 is 1.12 bits per heavy atom. The first kappa shape index (κ1) is 30.2. The number of carbonyl (C=O) groups is 3. The Hall–Kier alpha value is -2.75. The Morgan fingerprint density at radius 2 is 1.85 bits per heavy atom. The van der Waals surface area contributed by atoms with Crippen LogP contribution in [0, 0.1) is 5.92 Å². The maximum Gasteiger partial charge on any atom is 0.407 e. The second-order valence-corrected chi connectivity index (χ2v) is 11.8. The fourth-order valence-electron chi connectivity index (χ4n) is 6.03. The van der Waals surface area contributed by atoms with Gasteiger partial charge in [0.05, 0.1) is 18.6 Å². The molecule has 2 saturated heterocycles. The highest BCUT2D eigenvalue weighted by Gasteiger charge is 2.72. The van der Waals surface area contributed by atoms with Gasteiger partial charge in [-0.05, 0) is 77.5 Å². The van der Waals surface area contributed by atoms with Gasteiger partial charge in [-0.25, -0.2) is 4.79 Å². The van der Waals surface area contributed by atoms with Crippen LogP contribution < -0.4 is 10.6 Å². The molecular formula is C31H44N2O7. The fraction of sp³-hybridized carbons (Fsp3) is 0.645. The van der Waals surface area contributed by atoms with E-state index in [4.69, 9.17) is 18.9 Å². The number of carbonyl (C=O) groups excluding carboxylic acids is 3. The first-order valence-corrected chi connectivity index (χ1v) is 14.4. The average Bonchev–Trinajstić information content (AvgIpc) is 3.81. The number of methoxy groups -OCH3 is 1. The van der Waals surface area contributed by atoms with Crippen LogP contribution in [0.2, 0.25) is 0 Å². The van der Waals surface area contributed by atoms with Crippen molar-refractivity contribution in [3.63, 3.8) is 0 Å². The van der Waals surface area contributed by atoms with Gasteiger partial charge in [-0.1, -0.05) is 23.8 Å². The number of allylic oxidation sites excluding steroid dienone is 1. The van der Waals surface area contributed by atoms with E-state index in [9.17, 15) is 14.4 Å². The van der Waals surface area contributed by atoms with Gasteiger partial charge in [0.1, 0.15) is 29.2 Å². The summed E-state index contributed by atoms with van der Waals surface area (Å²) < 4.78 is 24.0. The van der Waals surface area contributed by atoms with E-state index in [1.54, 1.807) is 7.11 Å². The zero-order chi connectivity index (χ0) is 28.9. The lowest BCUT2D eigenvalue weighted by Gasteiger charge is -2.42. The number of nitrogens with one attached hydrogen (secondary N) is 2. The number of hydrogen-bond acceptors (Lipinski definition) is 7. The number of anilines is 1. The topological polar surface area (TPSA) is 119 Å². The van der Waals surface area contributed by atoms with Crippen LogP contribution >= 0.6 is 0 Å². The normalized spacial score (nSPS) is 30.3. The average molecular weight is 557 g/mol. The second-order valence-electron chi connectivity index (χ2n) is 11.8.